The van der Waals surface area contributed by atoms with Crippen LogP contribution in [-0.4, -0.2) is 21.8 Å². The maximum atomic E-state index is 4.64. The monoisotopic (exact) mass is 227 g/mol. The number of benzene rings is 1. The highest BCUT2D eigenvalue weighted by atomic mass is 15.1. The van der Waals surface area contributed by atoms with E-state index in [4.69, 9.17) is 0 Å². The van der Waals surface area contributed by atoms with Gasteiger partial charge in [-0.1, -0.05) is 25.0 Å². The van der Waals surface area contributed by atoms with E-state index >= 15 is 0 Å². The normalized spacial score (nSPS) is 17.5. The zero-order valence-electron chi connectivity index (χ0n) is 10.1. The van der Waals surface area contributed by atoms with Gasteiger partial charge in [0.1, 0.15) is 0 Å². The second kappa shape index (κ2) is 4.32. The van der Waals surface area contributed by atoms with Gasteiger partial charge in [0, 0.05) is 7.05 Å². The fourth-order valence-corrected chi connectivity index (χ4v) is 2.51. The molecular formula is C14H17N3. The van der Waals surface area contributed by atoms with E-state index in [1.165, 1.54) is 31.2 Å². The molecule has 1 saturated carbocycles. The van der Waals surface area contributed by atoms with Crippen LogP contribution < -0.4 is 0 Å². The van der Waals surface area contributed by atoms with Crippen LogP contribution in [-0.2, 0) is 7.05 Å². The van der Waals surface area contributed by atoms with E-state index in [-0.39, 0.29) is 0 Å². The summed E-state index contributed by atoms with van der Waals surface area (Å²) in [5, 5.41) is 0. The molecule has 17 heavy (non-hydrogen) atoms. The molecule has 1 aliphatic carbocycles. The fourth-order valence-electron chi connectivity index (χ4n) is 2.51. The molecule has 1 fully saturated rings. The summed E-state index contributed by atoms with van der Waals surface area (Å²) in [4.78, 5) is 9.23. The Kier molecular flexibility index (Phi) is 2.67. The molecule has 1 aromatic heterocycles. The molecule has 3 rings (SSSR count). The van der Waals surface area contributed by atoms with Crippen LogP contribution in [0.25, 0.3) is 11.0 Å². The number of aliphatic imine (C=N–C) groups is 1. The van der Waals surface area contributed by atoms with Crippen molar-refractivity contribution in [1.82, 2.24) is 9.55 Å². The molecule has 3 heteroatoms. The Morgan fingerprint density at radius 3 is 2.82 bits per heavy atom. The number of rotatable bonds is 2. The molecule has 1 aliphatic rings. The van der Waals surface area contributed by atoms with Gasteiger partial charge >= 0.3 is 0 Å². The summed E-state index contributed by atoms with van der Waals surface area (Å²) in [5.41, 5.74) is 2.21. The van der Waals surface area contributed by atoms with Crippen LogP contribution >= 0.6 is 0 Å². The minimum Gasteiger partial charge on any atom is -0.326 e. The third-order valence-corrected chi connectivity index (χ3v) is 3.55. The Morgan fingerprint density at radius 1 is 1.29 bits per heavy atom. The first-order valence-corrected chi connectivity index (χ1v) is 6.29. The first-order valence-electron chi connectivity index (χ1n) is 6.29. The van der Waals surface area contributed by atoms with Crippen LogP contribution in [0.15, 0.2) is 29.3 Å². The van der Waals surface area contributed by atoms with Crippen LogP contribution in [0.3, 0.4) is 0 Å². The molecular weight excluding hydrogens is 210 g/mol. The number of aryl methyl sites for hydroxylation is 1. The molecule has 0 saturated heterocycles. The van der Waals surface area contributed by atoms with E-state index in [1.807, 2.05) is 31.5 Å². The molecule has 0 N–H and O–H groups in total. The van der Waals surface area contributed by atoms with Gasteiger partial charge in [-0.05, 0) is 25.0 Å². The minimum absolute atomic E-state index is 0.523. The molecule has 0 aliphatic heterocycles. The lowest BCUT2D eigenvalue weighted by atomic mass is 10.3. The van der Waals surface area contributed by atoms with E-state index < -0.39 is 0 Å². The van der Waals surface area contributed by atoms with Crippen LogP contribution in [0.1, 0.15) is 31.5 Å². The third kappa shape index (κ3) is 1.97. The van der Waals surface area contributed by atoms with Gasteiger partial charge in [0.2, 0.25) is 0 Å². The first-order chi connectivity index (χ1) is 8.34. The summed E-state index contributed by atoms with van der Waals surface area (Å²) >= 11 is 0. The van der Waals surface area contributed by atoms with Crippen molar-refractivity contribution in [3.8, 4) is 0 Å². The van der Waals surface area contributed by atoms with Crippen molar-refractivity contribution in [1.29, 1.82) is 0 Å². The van der Waals surface area contributed by atoms with Crippen LogP contribution in [0.2, 0.25) is 0 Å². The third-order valence-electron chi connectivity index (χ3n) is 3.55. The summed E-state index contributed by atoms with van der Waals surface area (Å²) in [5.74, 6) is 0.957. The van der Waals surface area contributed by atoms with E-state index in [2.05, 4.69) is 20.6 Å². The molecule has 0 amide bonds. The lowest BCUT2D eigenvalue weighted by Gasteiger charge is -2.00. The molecule has 88 valence electrons. The zero-order valence-corrected chi connectivity index (χ0v) is 10.1. The zero-order chi connectivity index (χ0) is 11.7. The summed E-state index contributed by atoms with van der Waals surface area (Å²) < 4.78 is 2.10. The number of imidazole rings is 1. The fraction of sp³-hybridized carbons (Fsp3) is 0.429. The van der Waals surface area contributed by atoms with Crippen LogP contribution in [0.5, 0.6) is 0 Å². The van der Waals surface area contributed by atoms with Gasteiger partial charge in [-0.3, -0.25) is 4.99 Å². The number of hydrogen-bond acceptors (Lipinski definition) is 2. The van der Waals surface area contributed by atoms with E-state index in [0.717, 1.165) is 11.3 Å². The number of fused-ring (bicyclic) bond motifs is 1. The molecule has 1 heterocycles. The summed E-state index contributed by atoms with van der Waals surface area (Å²) in [7, 11) is 2.05. The van der Waals surface area contributed by atoms with Crippen molar-refractivity contribution >= 4 is 17.2 Å². The van der Waals surface area contributed by atoms with Gasteiger partial charge in [-0.2, -0.15) is 0 Å². The van der Waals surface area contributed by atoms with Gasteiger partial charge < -0.3 is 4.57 Å². The highest BCUT2D eigenvalue weighted by Crippen LogP contribution is 2.21. The molecule has 3 nitrogen and oxygen atoms in total. The number of nitrogens with zero attached hydrogens (tertiary/aromatic N) is 3. The van der Waals surface area contributed by atoms with Crippen molar-refractivity contribution in [2.24, 2.45) is 12.0 Å². The first kappa shape index (κ1) is 10.5. The molecule has 0 atom stereocenters. The second-order valence-electron chi connectivity index (χ2n) is 4.73. The Morgan fingerprint density at radius 2 is 2.06 bits per heavy atom. The molecule has 0 radical (unpaired) electrons. The predicted molar refractivity (Wildman–Crippen MR) is 70.6 cm³/mol. The van der Waals surface area contributed by atoms with Crippen molar-refractivity contribution in [2.45, 2.75) is 31.7 Å². The lowest BCUT2D eigenvalue weighted by Crippen LogP contribution is -2.01. The van der Waals surface area contributed by atoms with Crippen LogP contribution in [0.4, 0.5) is 0 Å². The summed E-state index contributed by atoms with van der Waals surface area (Å²) in [6.45, 7) is 0. The van der Waals surface area contributed by atoms with E-state index in [1.54, 1.807) is 0 Å². The van der Waals surface area contributed by atoms with E-state index in [9.17, 15) is 0 Å². The average Bonchev–Trinajstić information content (AvgIpc) is 2.96. The van der Waals surface area contributed by atoms with Gasteiger partial charge in [-0.15, -0.1) is 0 Å². The largest absolute Gasteiger partial charge is 0.326 e. The van der Waals surface area contributed by atoms with Crippen molar-refractivity contribution in [3.63, 3.8) is 0 Å². The summed E-state index contributed by atoms with van der Waals surface area (Å²) in [6, 6.07) is 8.72. The Labute approximate surface area is 101 Å². The predicted octanol–water partition coefficient (Wildman–Crippen LogP) is 2.93. The standard InChI is InChI=1S/C14H17N3/c1-17-13-9-5-4-8-12(13)16-14(17)10-15-11-6-2-3-7-11/h4-5,8-11H,2-3,6-7H2,1H3/b15-10+. The second-order valence-corrected chi connectivity index (χ2v) is 4.73. The maximum absolute atomic E-state index is 4.64. The van der Waals surface area contributed by atoms with Crippen molar-refractivity contribution in [3.05, 3.63) is 30.1 Å². The topological polar surface area (TPSA) is 30.2 Å². The number of hydrogen-bond donors (Lipinski definition) is 0. The van der Waals surface area contributed by atoms with E-state index in [0.29, 0.717) is 6.04 Å². The SMILES string of the molecule is Cn1c(/C=N/C2CCCC2)nc2ccccc21. The van der Waals surface area contributed by atoms with Crippen LogP contribution in [0, 0.1) is 0 Å². The van der Waals surface area contributed by atoms with Gasteiger partial charge in [0.05, 0.1) is 23.3 Å². The lowest BCUT2D eigenvalue weighted by molar-refractivity contribution is 0.708. The number of para-hydroxylation sites is 2. The molecule has 0 unspecified atom stereocenters. The van der Waals surface area contributed by atoms with Gasteiger partial charge in [0.25, 0.3) is 0 Å². The molecule has 0 spiro atoms. The Bertz CT molecular complexity index is 548. The Hall–Kier alpha value is -1.64. The minimum atomic E-state index is 0.523. The van der Waals surface area contributed by atoms with Crippen molar-refractivity contribution in [2.75, 3.05) is 0 Å². The van der Waals surface area contributed by atoms with Crippen molar-refractivity contribution < 1.29 is 0 Å². The van der Waals surface area contributed by atoms with Gasteiger partial charge in [0.15, 0.2) is 5.82 Å². The molecule has 1 aromatic carbocycles. The highest BCUT2D eigenvalue weighted by molar-refractivity contribution is 5.84. The maximum Gasteiger partial charge on any atom is 0.151 e. The number of aromatic nitrogens is 2. The molecule has 2 aromatic rings. The highest BCUT2D eigenvalue weighted by Gasteiger charge is 2.13. The quantitative estimate of drug-likeness (QED) is 0.725. The average molecular weight is 227 g/mol. The summed E-state index contributed by atoms with van der Waals surface area (Å²) in [6.07, 6.45) is 7.06. The van der Waals surface area contributed by atoms with Gasteiger partial charge in [-0.25, -0.2) is 4.98 Å². The molecule has 0 bridgehead atoms. The Balaban J connectivity index is 1.92. The smallest absolute Gasteiger partial charge is 0.151 e.